The van der Waals surface area contributed by atoms with Gasteiger partial charge in [-0.3, -0.25) is 0 Å². The van der Waals surface area contributed by atoms with Gasteiger partial charge in [-0.2, -0.15) is 0 Å². The minimum absolute atomic E-state index is 0.222. The van der Waals surface area contributed by atoms with Crippen molar-refractivity contribution in [1.82, 2.24) is 5.32 Å². The van der Waals surface area contributed by atoms with Gasteiger partial charge in [-0.25, -0.2) is 0 Å². The Morgan fingerprint density at radius 1 is 1.14 bits per heavy atom. The quantitative estimate of drug-likeness (QED) is 0.800. The van der Waals surface area contributed by atoms with Crippen LogP contribution < -0.4 is 10.1 Å². The Hall–Kier alpha value is -1.02. The number of nitrogens with one attached hydrogen (secondary N) is 1. The van der Waals surface area contributed by atoms with Crippen LogP contribution in [0.25, 0.3) is 0 Å². The number of hydrogen-bond donors (Lipinski definition) is 1. The topological polar surface area (TPSA) is 21.3 Å². The second-order valence-corrected chi connectivity index (χ2v) is 6.76. The molecular weight excluding hydrogens is 258 g/mol. The molecule has 1 aromatic carbocycles. The molecule has 0 heterocycles. The van der Waals surface area contributed by atoms with Crippen molar-refractivity contribution in [3.8, 4) is 5.75 Å². The van der Waals surface area contributed by atoms with Gasteiger partial charge in [0, 0.05) is 11.6 Å². The molecule has 0 saturated heterocycles. The summed E-state index contributed by atoms with van der Waals surface area (Å²) < 4.78 is 6.04. The molecular formula is C19H31NO. The van der Waals surface area contributed by atoms with Gasteiger partial charge in [-0.05, 0) is 51.1 Å². The predicted octanol–water partition coefficient (Wildman–Crippen LogP) is 4.95. The molecule has 0 spiro atoms. The Labute approximate surface area is 130 Å². The summed E-state index contributed by atoms with van der Waals surface area (Å²) in [6, 6.07) is 9.00. The van der Waals surface area contributed by atoms with Gasteiger partial charge < -0.3 is 10.1 Å². The molecule has 0 aromatic heterocycles. The van der Waals surface area contributed by atoms with Crippen molar-refractivity contribution >= 4 is 0 Å². The Morgan fingerprint density at radius 2 is 1.81 bits per heavy atom. The number of ether oxygens (including phenoxy) is 1. The highest BCUT2D eigenvalue weighted by molar-refractivity contribution is 5.36. The van der Waals surface area contributed by atoms with E-state index >= 15 is 0 Å². The average Bonchev–Trinajstić information content (AvgIpc) is 2.46. The molecule has 1 N–H and O–H groups in total. The maximum absolute atomic E-state index is 6.04. The lowest BCUT2D eigenvalue weighted by atomic mass is 9.77. The third-order valence-corrected chi connectivity index (χ3v) is 4.57. The molecule has 1 aliphatic carbocycles. The predicted molar refractivity (Wildman–Crippen MR) is 89.7 cm³/mol. The van der Waals surface area contributed by atoms with Crippen molar-refractivity contribution in [2.24, 2.45) is 11.8 Å². The third-order valence-electron chi connectivity index (χ3n) is 4.57. The molecule has 2 heteroatoms. The zero-order valence-corrected chi connectivity index (χ0v) is 14.1. The van der Waals surface area contributed by atoms with Crippen molar-refractivity contribution < 1.29 is 4.74 Å². The molecule has 1 atom stereocenters. The van der Waals surface area contributed by atoms with Gasteiger partial charge in [0.05, 0.1) is 6.10 Å². The van der Waals surface area contributed by atoms with Gasteiger partial charge in [-0.1, -0.05) is 44.9 Å². The average molecular weight is 289 g/mol. The molecule has 1 aromatic rings. The second-order valence-electron chi connectivity index (χ2n) is 6.76. The lowest BCUT2D eigenvalue weighted by molar-refractivity contribution is 0.213. The highest BCUT2D eigenvalue weighted by atomic mass is 16.5. The summed E-state index contributed by atoms with van der Waals surface area (Å²) in [6.45, 7) is 9.79. The van der Waals surface area contributed by atoms with Crippen LogP contribution in [0, 0.1) is 11.8 Å². The summed E-state index contributed by atoms with van der Waals surface area (Å²) in [5, 5.41) is 3.72. The highest BCUT2D eigenvalue weighted by Crippen LogP contribution is 2.39. The van der Waals surface area contributed by atoms with E-state index in [-0.39, 0.29) is 6.10 Å². The number of benzene rings is 1. The third kappa shape index (κ3) is 4.47. The van der Waals surface area contributed by atoms with Crippen molar-refractivity contribution in [2.75, 3.05) is 6.54 Å². The summed E-state index contributed by atoms with van der Waals surface area (Å²) in [5.41, 5.74) is 1.34. The van der Waals surface area contributed by atoms with Crippen LogP contribution in [0.15, 0.2) is 24.3 Å². The first-order valence-electron chi connectivity index (χ1n) is 8.60. The smallest absolute Gasteiger partial charge is 0.124 e. The van der Waals surface area contributed by atoms with E-state index in [4.69, 9.17) is 4.74 Å². The number of hydrogen-bond acceptors (Lipinski definition) is 2. The molecule has 118 valence electrons. The molecule has 1 unspecified atom stereocenters. The zero-order chi connectivity index (χ0) is 15.2. The molecule has 0 aliphatic heterocycles. The maximum atomic E-state index is 6.04. The van der Waals surface area contributed by atoms with Gasteiger partial charge >= 0.3 is 0 Å². The van der Waals surface area contributed by atoms with E-state index in [1.54, 1.807) is 0 Å². The van der Waals surface area contributed by atoms with E-state index in [1.165, 1.54) is 31.2 Å². The van der Waals surface area contributed by atoms with E-state index in [0.717, 1.165) is 24.1 Å². The molecule has 0 amide bonds. The van der Waals surface area contributed by atoms with E-state index < -0.39 is 0 Å². The van der Waals surface area contributed by atoms with Crippen LogP contribution in [-0.4, -0.2) is 12.6 Å². The van der Waals surface area contributed by atoms with E-state index in [9.17, 15) is 0 Å². The zero-order valence-electron chi connectivity index (χ0n) is 14.1. The SMILES string of the molecule is CCNC(c1ccccc1OC(C)C)C1CCC(C)CC1. The first-order valence-corrected chi connectivity index (χ1v) is 8.60. The summed E-state index contributed by atoms with van der Waals surface area (Å²) in [6.07, 6.45) is 5.60. The van der Waals surface area contributed by atoms with Crippen molar-refractivity contribution in [1.29, 1.82) is 0 Å². The maximum Gasteiger partial charge on any atom is 0.124 e. The molecule has 1 aliphatic rings. The van der Waals surface area contributed by atoms with E-state index in [0.29, 0.717) is 6.04 Å². The van der Waals surface area contributed by atoms with Crippen molar-refractivity contribution in [3.05, 3.63) is 29.8 Å². The molecule has 21 heavy (non-hydrogen) atoms. The fourth-order valence-corrected chi connectivity index (χ4v) is 3.47. The Bertz CT molecular complexity index is 421. The Kier molecular flexibility index (Phi) is 6.10. The summed E-state index contributed by atoms with van der Waals surface area (Å²) in [5.74, 6) is 2.68. The van der Waals surface area contributed by atoms with Crippen LogP contribution in [-0.2, 0) is 0 Å². The first-order chi connectivity index (χ1) is 10.1. The summed E-state index contributed by atoms with van der Waals surface area (Å²) in [4.78, 5) is 0. The Balaban J connectivity index is 2.21. The number of para-hydroxylation sites is 1. The van der Waals surface area contributed by atoms with Crippen molar-refractivity contribution in [3.63, 3.8) is 0 Å². The van der Waals surface area contributed by atoms with E-state index in [1.807, 2.05) is 0 Å². The Morgan fingerprint density at radius 3 is 2.43 bits per heavy atom. The molecule has 2 rings (SSSR count). The molecule has 1 saturated carbocycles. The van der Waals surface area contributed by atoms with Crippen molar-refractivity contribution in [2.45, 2.75) is 65.5 Å². The first kappa shape index (κ1) is 16.4. The standard InChI is InChI=1S/C19H31NO/c1-5-20-19(16-12-10-15(4)11-13-16)17-8-6-7-9-18(17)21-14(2)3/h6-9,14-16,19-20H,5,10-13H2,1-4H3. The van der Waals surface area contributed by atoms with Crippen LogP contribution in [0.3, 0.4) is 0 Å². The van der Waals surface area contributed by atoms with Gasteiger partial charge in [-0.15, -0.1) is 0 Å². The minimum Gasteiger partial charge on any atom is -0.491 e. The fourth-order valence-electron chi connectivity index (χ4n) is 3.47. The number of rotatable bonds is 6. The van der Waals surface area contributed by atoms with Gasteiger partial charge in [0.15, 0.2) is 0 Å². The summed E-state index contributed by atoms with van der Waals surface area (Å²) in [7, 11) is 0. The van der Waals surface area contributed by atoms with Gasteiger partial charge in [0.1, 0.15) is 5.75 Å². The largest absolute Gasteiger partial charge is 0.491 e. The van der Waals surface area contributed by atoms with Crippen LogP contribution in [0.1, 0.15) is 65.0 Å². The molecule has 2 nitrogen and oxygen atoms in total. The van der Waals surface area contributed by atoms with Gasteiger partial charge in [0.2, 0.25) is 0 Å². The monoisotopic (exact) mass is 289 g/mol. The van der Waals surface area contributed by atoms with Crippen LogP contribution >= 0.6 is 0 Å². The van der Waals surface area contributed by atoms with E-state index in [2.05, 4.69) is 57.3 Å². The molecule has 0 radical (unpaired) electrons. The fraction of sp³-hybridized carbons (Fsp3) is 0.684. The lowest BCUT2D eigenvalue weighted by Crippen LogP contribution is -2.31. The molecule has 1 fully saturated rings. The summed E-state index contributed by atoms with van der Waals surface area (Å²) >= 11 is 0. The van der Waals surface area contributed by atoms with Crippen LogP contribution in [0.2, 0.25) is 0 Å². The second kappa shape index (κ2) is 7.84. The lowest BCUT2D eigenvalue weighted by Gasteiger charge is -2.34. The van der Waals surface area contributed by atoms with Gasteiger partial charge in [0.25, 0.3) is 0 Å². The van der Waals surface area contributed by atoms with Crippen LogP contribution in [0.4, 0.5) is 0 Å². The van der Waals surface area contributed by atoms with Crippen LogP contribution in [0.5, 0.6) is 5.75 Å². The normalized spacial score (nSPS) is 24.0. The minimum atomic E-state index is 0.222. The highest BCUT2D eigenvalue weighted by Gasteiger charge is 2.28. The molecule has 0 bridgehead atoms.